The first-order valence-corrected chi connectivity index (χ1v) is 6.98. The number of pyridine rings is 1. The number of hydrogen-bond donors (Lipinski definition) is 0. The van der Waals surface area contributed by atoms with E-state index in [-0.39, 0.29) is 5.78 Å². The molecule has 0 amide bonds. The smallest absolute Gasteiger partial charge is 0.182 e. The second-order valence-electron chi connectivity index (χ2n) is 5.45. The van der Waals surface area contributed by atoms with Crippen LogP contribution < -0.4 is 0 Å². The number of nitrogens with zero attached hydrogens (tertiary/aromatic N) is 2. The molecule has 1 aromatic heterocycles. The van der Waals surface area contributed by atoms with E-state index in [9.17, 15) is 9.18 Å². The predicted octanol–water partition coefficient (Wildman–Crippen LogP) is 2.92. The summed E-state index contributed by atoms with van der Waals surface area (Å²) in [5.41, 5.74) is 0.357. The Balaban J connectivity index is 1.74. The van der Waals surface area contributed by atoms with Crippen molar-refractivity contribution in [2.24, 2.45) is 5.92 Å². The van der Waals surface area contributed by atoms with Gasteiger partial charge in [0.1, 0.15) is 11.5 Å². The maximum atomic E-state index is 12.7. The number of rotatable bonds is 6. The molecule has 1 aliphatic rings. The Labute approximate surface area is 113 Å². The third-order valence-corrected chi connectivity index (χ3v) is 3.78. The number of carbonyl (C=O) groups is 1. The SMILES string of the molecule is CN(CCC(=O)c1ccc(F)cn1)CC1CCCC1. The lowest BCUT2D eigenvalue weighted by Crippen LogP contribution is -2.27. The first-order chi connectivity index (χ1) is 9.15. The number of carbonyl (C=O) groups excluding carboxylic acids is 1. The Bertz CT molecular complexity index is 413. The number of halogens is 1. The lowest BCUT2D eigenvalue weighted by atomic mass is 10.1. The second-order valence-corrected chi connectivity index (χ2v) is 5.45. The van der Waals surface area contributed by atoms with E-state index in [1.165, 1.54) is 37.8 Å². The molecular formula is C15H21FN2O. The highest BCUT2D eigenvalue weighted by Gasteiger charge is 2.17. The molecule has 0 aromatic carbocycles. The quantitative estimate of drug-likeness (QED) is 0.741. The van der Waals surface area contributed by atoms with Crippen LogP contribution in [-0.2, 0) is 0 Å². The van der Waals surface area contributed by atoms with Crippen LogP contribution in [0.1, 0.15) is 42.6 Å². The molecule has 0 N–H and O–H groups in total. The Hall–Kier alpha value is -1.29. The van der Waals surface area contributed by atoms with Crippen LogP contribution in [0.3, 0.4) is 0 Å². The van der Waals surface area contributed by atoms with Gasteiger partial charge in [-0.3, -0.25) is 9.78 Å². The maximum Gasteiger partial charge on any atom is 0.182 e. The minimum atomic E-state index is -0.407. The Kier molecular flexibility index (Phi) is 5.02. The molecule has 0 bridgehead atoms. The maximum absolute atomic E-state index is 12.7. The summed E-state index contributed by atoms with van der Waals surface area (Å²) in [4.78, 5) is 17.9. The molecule has 2 rings (SSSR count). The molecule has 0 saturated heterocycles. The number of hydrogen-bond acceptors (Lipinski definition) is 3. The van der Waals surface area contributed by atoms with Crippen LogP contribution in [0.5, 0.6) is 0 Å². The summed E-state index contributed by atoms with van der Waals surface area (Å²) in [7, 11) is 2.06. The van der Waals surface area contributed by atoms with Gasteiger partial charge in [-0.1, -0.05) is 12.8 Å². The first-order valence-electron chi connectivity index (χ1n) is 6.98. The molecule has 0 atom stereocenters. The summed E-state index contributed by atoms with van der Waals surface area (Å²) in [5, 5.41) is 0. The van der Waals surface area contributed by atoms with Crippen molar-refractivity contribution in [2.75, 3.05) is 20.1 Å². The van der Waals surface area contributed by atoms with E-state index in [1.807, 2.05) is 0 Å². The Morgan fingerprint density at radius 2 is 2.16 bits per heavy atom. The van der Waals surface area contributed by atoms with Crippen LogP contribution in [-0.4, -0.2) is 35.8 Å². The number of ketones is 1. The molecule has 1 fully saturated rings. The monoisotopic (exact) mass is 264 g/mol. The highest BCUT2D eigenvalue weighted by Crippen LogP contribution is 2.25. The fourth-order valence-electron chi connectivity index (χ4n) is 2.69. The van der Waals surface area contributed by atoms with Crippen molar-refractivity contribution in [3.63, 3.8) is 0 Å². The Morgan fingerprint density at radius 1 is 1.42 bits per heavy atom. The summed E-state index contributed by atoms with van der Waals surface area (Å²) >= 11 is 0. The molecule has 4 heteroatoms. The van der Waals surface area contributed by atoms with Gasteiger partial charge in [0.25, 0.3) is 0 Å². The van der Waals surface area contributed by atoms with Crippen LogP contribution >= 0.6 is 0 Å². The fraction of sp³-hybridized carbons (Fsp3) is 0.600. The molecule has 1 aromatic rings. The predicted molar refractivity (Wildman–Crippen MR) is 72.6 cm³/mol. The van der Waals surface area contributed by atoms with Gasteiger partial charge in [0.15, 0.2) is 5.78 Å². The number of Topliss-reactive ketones (excluding diaryl/α,β-unsaturated/α-hetero) is 1. The molecule has 104 valence electrons. The standard InChI is InChI=1S/C15H21FN2O/c1-18(11-12-4-2-3-5-12)9-8-15(19)14-7-6-13(16)10-17-14/h6-7,10,12H,2-5,8-9,11H2,1H3. The highest BCUT2D eigenvalue weighted by atomic mass is 19.1. The molecule has 0 spiro atoms. The minimum absolute atomic E-state index is 0.0155. The lowest BCUT2D eigenvalue weighted by molar-refractivity contribution is 0.0961. The van der Waals surface area contributed by atoms with Gasteiger partial charge in [-0.2, -0.15) is 0 Å². The zero-order chi connectivity index (χ0) is 13.7. The molecule has 0 unspecified atom stereocenters. The summed E-state index contributed by atoms with van der Waals surface area (Å²) in [6.07, 6.45) is 6.86. The summed E-state index contributed by atoms with van der Waals surface area (Å²) in [6, 6.07) is 2.73. The van der Waals surface area contributed by atoms with E-state index < -0.39 is 5.82 Å². The lowest BCUT2D eigenvalue weighted by Gasteiger charge is -2.20. The van der Waals surface area contributed by atoms with E-state index in [4.69, 9.17) is 0 Å². The van der Waals surface area contributed by atoms with Gasteiger partial charge in [0.2, 0.25) is 0 Å². The van der Waals surface area contributed by atoms with Gasteiger partial charge in [0, 0.05) is 19.5 Å². The van der Waals surface area contributed by atoms with E-state index in [1.54, 1.807) is 0 Å². The van der Waals surface area contributed by atoms with Crippen molar-refractivity contribution in [3.8, 4) is 0 Å². The van der Waals surface area contributed by atoms with Gasteiger partial charge in [-0.05, 0) is 37.9 Å². The van der Waals surface area contributed by atoms with Crippen LogP contribution in [0.2, 0.25) is 0 Å². The third-order valence-electron chi connectivity index (χ3n) is 3.78. The van der Waals surface area contributed by atoms with Gasteiger partial charge >= 0.3 is 0 Å². The zero-order valence-electron chi connectivity index (χ0n) is 11.4. The average Bonchev–Trinajstić information content (AvgIpc) is 2.89. The molecule has 1 saturated carbocycles. The third kappa shape index (κ3) is 4.39. The van der Waals surface area contributed by atoms with Crippen molar-refractivity contribution >= 4 is 5.78 Å². The molecule has 0 radical (unpaired) electrons. The van der Waals surface area contributed by atoms with E-state index in [2.05, 4.69) is 16.9 Å². The van der Waals surface area contributed by atoms with E-state index in [0.29, 0.717) is 12.1 Å². The van der Waals surface area contributed by atoms with Crippen molar-refractivity contribution in [3.05, 3.63) is 29.8 Å². The summed E-state index contributed by atoms with van der Waals surface area (Å²) in [5.74, 6) is 0.372. The van der Waals surface area contributed by atoms with Gasteiger partial charge < -0.3 is 4.90 Å². The van der Waals surface area contributed by atoms with Crippen molar-refractivity contribution in [1.82, 2.24) is 9.88 Å². The van der Waals surface area contributed by atoms with Crippen LogP contribution in [0.4, 0.5) is 4.39 Å². The topological polar surface area (TPSA) is 33.2 Å². The number of aromatic nitrogens is 1. The van der Waals surface area contributed by atoms with Crippen molar-refractivity contribution in [2.45, 2.75) is 32.1 Å². The van der Waals surface area contributed by atoms with Crippen molar-refractivity contribution in [1.29, 1.82) is 0 Å². The molecule has 0 aliphatic heterocycles. The Morgan fingerprint density at radius 3 is 2.79 bits per heavy atom. The molecule has 1 heterocycles. The van der Waals surface area contributed by atoms with Crippen LogP contribution in [0.15, 0.2) is 18.3 Å². The van der Waals surface area contributed by atoms with Gasteiger partial charge in [-0.15, -0.1) is 0 Å². The zero-order valence-corrected chi connectivity index (χ0v) is 11.4. The molecular weight excluding hydrogens is 243 g/mol. The largest absolute Gasteiger partial charge is 0.306 e. The summed E-state index contributed by atoms with van der Waals surface area (Å²) in [6.45, 7) is 1.82. The van der Waals surface area contributed by atoms with E-state index in [0.717, 1.165) is 25.2 Å². The minimum Gasteiger partial charge on any atom is -0.306 e. The van der Waals surface area contributed by atoms with Gasteiger partial charge in [0.05, 0.1) is 6.20 Å². The molecule has 3 nitrogen and oxygen atoms in total. The first kappa shape index (κ1) is 14.1. The fourth-order valence-corrected chi connectivity index (χ4v) is 2.69. The highest BCUT2D eigenvalue weighted by molar-refractivity contribution is 5.94. The molecule has 1 aliphatic carbocycles. The van der Waals surface area contributed by atoms with E-state index >= 15 is 0 Å². The second kappa shape index (κ2) is 6.75. The average molecular weight is 264 g/mol. The van der Waals surface area contributed by atoms with Crippen LogP contribution in [0, 0.1) is 11.7 Å². The van der Waals surface area contributed by atoms with Crippen LogP contribution in [0.25, 0.3) is 0 Å². The summed E-state index contributed by atoms with van der Waals surface area (Å²) < 4.78 is 12.7. The normalized spacial score (nSPS) is 16.2. The molecule has 19 heavy (non-hydrogen) atoms. The van der Waals surface area contributed by atoms with Gasteiger partial charge in [-0.25, -0.2) is 4.39 Å². The van der Waals surface area contributed by atoms with Crippen molar-refractivity contribution < 1.29 is 9.18 Å².